The van der Waals surface area contributed by atoms with Crippen LogP contribution in [0, 0.1) is 17.6 Å². The van der Waals surface area contributed by atoms with E-state index in [2.05, 4.69) is 0 Å². The molecule has 6 heteroatoms. The van der Waals surface area contributed by atoms with E-state index < -0.39 is 17.7 Å². The van der Waals surface area contributed by atoms with E-state index in [1.54, 1.807) is 11.9 Å². The van der Waals surface area contributed by atoms with Gasteiger partial charge in [-0.3, -0.25) is 9.59 Å². The third-order valence-corrected chi connectivity index (χ3v) is 5.57. The summed E-state index contributed by atoms with van der Waals surface area (Å²) in [6, 6.07) is 2.90. The van der Waals surface area contributed by atoms with Crippen LogP contribution in [0.2, 0.25) is 0 Å². The zero-order valence-electron chi connectivity index (χ0n) is 15.2. The van der Waals surface area contributed by atoms with Gasteiger partial charge in [0.2, 0.25) is 11.8 Å². The van der Waals surface area contributed by atoms with Crippen LogP contribution in [-0.2, 0) is 16.1 Å². The number of amides is 2. The molecule has 142 valence electrons. The molecule has 1 aromatic carbocycles. The van der Waals surface area contributed by atoms with Crippen molar-refractivity contribution in [2.24, 2.45) is 5.92 Å². The van der Waals surface area contributed by atoms with Crippen molar-refractivity contribution in [3.8, 4) is 0 Å². The van der Waals surface area contributed by atoms with Crippen LogP contribution < -0.4 is 0 Å². The number of hydrogen-bond donors (Lipinski definition) is 0. The molecule has 1 aliphatic carbocycles. The van der Waals surface area contributed by atoms with Gasteiger partial charge < -0.3 is 9.80 Å². The first-order valence-electron chi connectivity index (χ1n) is 9.46. The van der Waals surface area contributed by atoms with E-state index in [0.717, 1.165) is 38.2 Å². The van der Waals surface area contributed by atoms with Gasteiger partial charge in [0.05, 0.1) is 0 Å². The van der Waals surface area contributed by atoms with E-state index in [9.17, 15) is 18.4 Å². The topological polar surface area (TPSA) is 40.6 Å². The summed E-state index contributed by atoms with van der Waals surface area (Å²) >= 11 is 0. The number of likely N-dealkylation sites (tertiary alicyclic amines) is 1. The smallest absolute Gasteiger partial charge is 0.245 e. The fraction of sp³-hybridized carbons (Fsp3) is 0.600. The van der Waals surface area contributed by atoms with Gasteiger partial charge in [0.1, 0.15) is 17.7 Å². The van der Waals surface area contributed by atoms with Gasteiger partial charge in [-0.15, -0.1) is 0 Å². The number of benzene rings is 1. The molecule has 1 unspecified atom stereocenters. The van der Waals surface area contributed by atoms with Crippen molar-refractivity contribution >= 4 is 11.8 Å². The van der Waals surface area contributed by atoms with E-state index >= 15 is 0 Å². The fourth-order valence-electron chi connectivity index (χ4n) is 4.11. The molecule has 2 amide bonds. The quantitative estimate of drug-likeness (QED) is 0.821. The van der Waals surface area contributed by atoms with Crippen molar-refractivity contribution in [1.29, 1.82) is 0 Å². The number of hydrogen-bond acceptors (Lipinski definition) is 2. The van der Waals surface area contributed by atoms with Gasteiger partial charge in [0, 0.05) is 37.7 Å². The average Bonchev–Trinajstić information content (AvgIpc) is 3.13. The minimum absolute atomic E-state index is 0.0389. The normalized spacial score (nSPS) is 21.0. The second-order valence-electron chi connectivity index (χ2n) is 7.45. The molecule has 1 aliphatic heterocycles. The molecule has 26 heavy (non-hydrogen) atoms. The molecule has 2 aliphatic rings. The molecule has 0 radical (unpaired) electrons. The summed E-state index contributed by atoms with van der Waals surface area (Å²) in [5, 5.41) is 0. The maximum atomic E-state index is 13.9. The molecule has 0 aromatic heterocycles. The molecular formula is C20H26F2N2O2. The van der Waals surface area contributed by atoms with Crippen LogP contribution in [0.25, 0.3) is 0 Å². The van der Waals surface area contributed by atoms with Gasteiger partial charge in [-0.25, -0.2) is 8.78 Å². The Kier molecular flexibility index (Phi) is 5.89. The summed E-state index contributed by atoms with van der Waals surface area (Å²) in [6.07, 6.45) is 6.61. The van der Waals surface area contributed by atoms with Gasteiger partial charge >= 0.3 is 0 Å². The molecule has 1 aromatic rings. The summed E-state index contributed by atoms with van der Waals surface area (Å²) in [6.45, 7) is 0.678. The van der Waals surface area contributed by atoms with E-state index in [-0.39, 0.29) is 29.8 Å². The van der Waals surface area contributed by atoms with Crippen molar-refractivity contribution < 1.29 is 18.4 Å². The van der Waals surface area contributed by atoms with Crippen LogP contribution in [0.3, 0.4) is 0 Å². The van der Waals surface area contributed by atoms with Crippen LogP contribution in [0.15, 0.2) is 18.2 Å². The van der Waals surface area contributed by atoms with Crippen molar-refractivity contribution in [2.75, 3.05) is 13.6 Å². The zero-order valence-corrected chi connectivity index (χ0v) is 15.2. The van der Waals surface area contributed by atoms with Crippen LogP contribution in [0.5, 0.6) is 0 Å². The lowest BCUT2D eigenvalue weighted by molar-refractivity contribution is -0.146. The molecule has 0 spiro atoms. The van der Waals surface area contributed by atoms with Gasteiger partial charge in [-0.2, -0.15) is 0 Å². The lowest BCUT2D eigenvalue weighted by Gasteiger charge is -2.32. The monoisotopic (exact) mass is 364 g/mol. The number of carbonyl (C=O) groups excluding carboxylic acids is 2. The van der Waals surface area contributed by atoms with Gasteiger partial charge in [-0.1, -0.05) is 25.3 Å². The van der Waals surface area contributed by atoms with Crippen LogP contribution in [-0.4, -0.2) is 41.2 Å². The molecule has 0 bridgehead atoms. The van der Waals surface area contributed by atoms with E-state index in [0.29, 0.717) is 13.0 Å². The zero-order chi connectivity index (χ0) is 18.7. The Morgan fingerprint density at radius 1 is 1.12 bits per heavy atom. The predicted octanol–water partition coefficient (Wildman–Crippen LogP) is 3.49. The summed E-state index contributed by atoms with van der Waals surface area (Å²) in [7, 11) is 1.60. The van der Waals surface area contributed by atoms with Crippen LogP contribution in [0.1, 0.15) is 50.5 Å². The molecule has 1 atom stereocenters. The summed E-state index contributed by atoms with van der Waals surface area (Å²) < 4.78 is 26.9. The highest BCUT2D eigenvalue weighted by Crippen LogP contribution is 2.29. The lowest BCUT2D eigenvalue weighted by atomic mass is 9.88. The Morgan fingerprint density at radius 3 is 2.54 bits per heavy atom. The third-order valence-electron chi connectivity index (χ3n) is 5.57. The molecule has 1 saturated carbocycles. The maximum Gasteiger partial charge on any atom is 0.245 e. The highest BCUT2D eigenvalue weighted by atomic mass is 19.1. The Hall–Kier alpha value is -1.98. The van der Waals surface area contributed by atoms with E-state index in [1.807, 2.05) is 0 Å². The van der Waals surface area contributed by atoms with Crippen molar-refractivity contribution in [3.05, 3.63) is 35.4 Å². The number of carbonyl (C=O) groups is 2. The SMILES string of the molecule is CN(Cc1ccc(F)cc1F)C(=O)C1CCCN1C(=O)C1CCCCC1. The Labute approximate surface area is 153 Å². The number of rotatable bonds is 4. The minimum atomic E-state index is -0.661. The summed E-state index contributed by atoms with van der Waals surface area (Å²) in [5.41, 5.74) is 0.269. The second kappa shape index (κ2) is 8.14. The number of nitrogens with zero attached hydrogens (tertiary/aromatic N) is 2. The highest BCUT2D eigenvalue weighted by Gasteiger charge is 2.38. The van der Waals surface area contributed by atoms with Gasteiger partial charge in [0.25, 0.3) is 0 Å². The largest absolute Gasteiger partial charge is 0.340 e. The Morgan fingerprint density at radius 2 is 1.85 bits per heavy atom. The first kappa shape index (κ1) is 18.8. The molecule has 4 nitrogen and oxygen atoms in total. The third kappa shape index (κ3) is 4.05. The fourth-order valence-corrected chi connectivity index (χ4v) is 4.11. The maximum absolute atomic E-state index is 13.9. The average molecular weight is 364 g/mol. The number of halogens is 2. The van der Waals surface area contributed by atoms with E-state index in [4.69, 9.17) is 0 Å². The molecular weight excluding hydrogens is 338 g/mol. The molecule has 1 saturated heterocycles. The van der Waals surface area contributed by atoms with Crippen molar-refractivity contribution in [1.82, 2.24) is 9.80 Å². The van der Waals surface area contributed by atoms with Crippen molar-refractivity contribution in [3.63, 3.8) is 0 Å². The highest BCUT2D eigenvalue weighted by molar-refractivity contribution is 5.89. The molecule has 2 fully saturated rings. The lowest BCUT2D eigenvalue weighted by Crippen LogP contribution is -2.48. The molecule has 1 heterocycles. The molecule has 3 rings (SSSR count). The Balaban J connectivity index is 1.66. The van der Waals surface area contributed by atoms with Crippen LogP contribution >= 0.6 is 0 Å². The second-order valence-corrected chi connectivity index (χ2v) is 7.45. The van der Waals surface area contributed by atoms with Gasteiger partial charge in [0.15, 0.2) is 0 Å². The predicted molar refractivity (Wildman–Crippen MR) is 94.1 cm³/mol. The summed E-state index contributed by atoms with van der Waals surface area (Å²) in [4.78, 5) is 28.9. The standard InChI is InChI=1S/C20H26F2N2O2/c1-23(13-15-9-10-16(21)12-17(15)22)20(26)18-8-5-11-24(18)19(25)14-6-3-2-4-7-14/h9-10,12,14,18H,2-8,11,13H2,1H3. The Bertz CT molecular complexity index is 674. The van der Waals surface area contributed by atoms with Crippen molar-refractivity contribution in [2.45, 2.75) is 57.5 Å². The molecule has 0 N–H and O–H groups in total. The first-order valence-corrected chi connectivity index (χ1v) is 9.46. The summed E-state index contributed by atoms with van der Waals surface area (Å²) in [5.74, 6) is -1.33. The first-order chi connectivity index (χ1) is 12.5. The minimum Gasteiger partial charge on any atom is -0.340 e. The van der Waals surface area contributed by atoms with E-state index in [1.165, 1.54) is 23.5 Å². The van der Waals surface area contributed by atoms with Gasteiger partial charge in [-0.05, 0) is 31.7 Å². The van der Waals surface area contributed by atoms with Crippen LogP contribution in [0.4, 0.5) is 8.78 Å². The number of likely N-dealkylation sites (N-methyl/N-ethyl adjacent to an activating group) is 1.